The Morgan fingerprint density at radius 3 is 2.43 bits per heavy atom. The zero-order valence-electron chi connectivity index (χ0n) is 16.3. The van der Waals surface area contributed by atoms with Crippen LogP contribution >= 0.6 is 0 Å². The third kappa shape index (κ3) is 4.77. The fourth-order valence-electron chi connectivity index (χ4n) is 3.75. The van der Waals surface area contributed by atoms with Crippen LogP contribution in [-0.2, 0) is 11.2 Å². The molecule has 1 saturated heterocycles. The molecule has 4 rings (SSSR count). The van der Waals surface area contributed by atoms with Crippen LogP contribution in [0.5, 0.6) is 11.5 Å². The molecule has 28 heavy (non-hydrogen) atoms. The zero-order chi connectivity index (χ0) is 19.2. The van der Waals surface area contributed by atoms with Crippen molar-refractivity contribution < 1.29 is 14.3 Å². The molecule has 2 aliphatic heterocycles. The maximum absolute atomic E-state index is 12.3. The minimum Gasteiger partial charge on any atom is -0.490 e. The van der Waals surface area contributed by atoms with Crippen LogP contribution < -0.4 is 19.7 Å². The lowest BCUT2D eigenvalue weighted by atomic mass is 10.1. The Morgan fingerprint density at radius 2 is 1.64 bits per heavy atom. The van der Waals surface area contributed by atoms with Crippen LogP contribution in [0.15, 0.2) is 42.5 Å². The van der Waals surface area contributed by atoms with E-state index in [2.05, 4.69) is 22.3 Å². The minimum atomic E-state index is 0.0258. The Morgan fingerprint density at radius 1 is 0.893 bits per heavy atom. The van der Waals surface area contributed by atoms with Gasteiger partial charge in [-0.3, -0.25) is 4.79 Å². The van der Waals surface area contributed by atoms with Crippen molar-refractivity contribution in [1.82, 2.24) is 0 Å². The Kier molecular flexibility index (Phi) is 6.00. The van der Waals surface area contributed by atoms with E-state index >= 15 is 0 Å². The van der Waals surface area contributed by atoms with Crippen molar-refractivity contribution in [3.05, 3.63) is 48.0 Å². The van der Waals surface area contributed by atoms with E-state index in [0.717, 1.165) is 42.3 Å². The lowest BCUT2D eigenvalue weighted by Gasteiger charge is -2.28. The summed E-state index contributed by atoms with van der Waals surface area (Å²) < 4.78 is 11.4. The van der Waals surface area contributed by atoms with Crippen molar-refractivity contribution in [3.8, 4) is 11.5 Å². The largest absolute Gasteiger partial charge is 0.490 e. The average Bonchev–Trinajstić information content (AvgIpc) is 2.98. The summed E-state index contributed by atoms with van der Waals surface area (Å²) in [5.74, 6) is 1.60. The van der Waals surface area contributed by atoms with Gasteiger partial charge < -0.3 is 19.7 Å². The van der Waals surface area contributed by atoms with Crippen molar-refractivity contribution >= 4 is 17.3 Å². The first-order valence-corrected chi connectivity index (χ1v) is 10.3. The number of amides is 1. The molecular formula is C23H28N2O3. The van der Waals surface area contributed by atoms with Gasteiger partial charge in [-0.1, -0.05) is 6.07 Å². The van der Waals surface area contributed by atoms with Gasteiger partial charge in [-0.25, -0.2) is 0 Å². The second-order valence-corrected chi connectivity index (χ2v) is 7.47. The van der Waals surface area contributed by atoms with Crippen molar-refractivity contribution in [3.63, 3.8) is 0 Å². The summed E-state index contributed by atoms with van der Waals surface area (Å²) in [7, 11) is 0. The quantitative estimate of drug-likeness (QED) is 0.835. The lowest BCUT2D eigenvalue weighted by molar-refractivity contribution is -0.116. The summed E-state index contributed by atoms with van der Waals surface area (Å²) in [4.78, 5) is 14.8. The molecule has 0 atom stereocenters. The molecule has 0 aliphatic carbocycles. The van der Waals surface area contributed by atoms with E-state index in [0.29, 0.717) is 26.1 Å². The second kappa shape index (κ2) is 9.00. The SMILES string of the molecule is O=C(CCc1ccc2c(c1)OCCCO2)Nc1ccc(N2CCCCC2)cc1. The molecule has 0 saturated carbocycles. The summed E-state index contributed by atoms with van der Waals surface area (Å²) in [6, 6.07) is 14.1. The van der Waals surface area contributed by atoms with E-state index in [-0.39, 0.29) is 5.91 Å². The first-order chi connectivity index (χ1) is 13.8. The number of fused-ring (bicyclic) bond motifs is 1. The van der Waals surface area contributed by atoms with Crippen molar-refractivity contribution in [2.45, 2.75) is 38.5 Å². The molecule has 1 fully saturated rings. The summed E-state index contributed by atoms with van der Waals surface area (Å²) in [6.07, 6.45) is 5.86. The lowest BCUT2D eigenvalue weighted by Crippen LogP contribution is -2.29. The number of nitrogens with one attached hydrogen (secondary N) is 1. The predicted molar refractivity (Wildman–Crippen MR) is 112 cm³/mol. The topological polar surface area (TPSA) is 50.8 Å². The fraction of sp³-hybridized carbons (Fsp3) is 0.435. The van der Waals surface area contributed by atoms with Crippen LogP contribution in [0.25, 0.3) is 0 Å². The number of nitrogens with zero attached hydrogens (tertiary/aromatic N) is 1. The van der Waals surface area contributed by atoms with Gasteiger partial charge in [0.1, 0.15) is 0 Å². The second-order valence-electron chi connectivity index (χ2n) is 7.47. The highest BCUT2D eigenvalue weighted by atomic mass is 16.5. The number of ether oxygens (including phenoxy) is 2. The monoisotopic (exact) mass is 380 g/mol. The van der Waals surface area contributed by atoms with Crippen molar-refractivity contribution in [2.75, 3.05) is 36.5 Å². The summed E-state index contributed by atoms with van der Waals surface area (Å²) in [5.41, 5.74) is 3.18. The van der Waals surface area contributed by atoms with Gasteiger partial charge in [-0.15, -0.1) is 0 Å². The van der Waals surface area contributed by atoms with Crippen LogP contribution in [0.1, 0.15) is 37.7 Å². The number of aryl methyl sites for hydroxylation is 1. The molecule has 0 radical (unpaired) electrons. The molecule has 0 unspecified atom stereocenters. The molecule has 2 aromatic carbocycles. The molecule has 5 nitrogen and oxygen atoms in total. The Bertz CT molecular complexity index is 798. The van der Waals surface area contributed by atoms with E-state index in [9.17, 15) is 4.79 Å². The summed E-state index contributed by atoms with van der Waals surface area (Å²) in [6.45, 7) is 3.61. The highest BCUT2D eigenvalue weighted by Crippen LogP contribution is 2.30. The molecule has 0 aromatic heterocycles. The average molecular weight is 380 g/mol. The van der Waals surface area contributed by atoms with E-state index in [1.807, 2.05) is 30.3 Å². The number of anilines is 2. The van der Waals surface area contributed by atoms with Crippen LogP contribution in [0, 0.1) is 0 Å². The number of rotatable bonds is 5. The number of carbonyl (C=O) groups excluding carboxylic acids is 1. The Labute approximate surface area is 166 Å². The number of hydrogen-bond acceptors (Lipinski definition) is 4. The van der Waals surface area contributed by atoms with Crippen LogP contribution in [0.3, 0.4) is 0 Å². The number of hydrogen-bond donors (Lipinski definition) is 1. The molecule has 2 heterocycles. The van der Waals surface area contributed by atoms with E-state index in [4.69, 9.17) is 9.47 Å². The van der Waals surface area contributed by atoms with Crippen LogP contribution in [0.2, 0.25) is 0 Å². The predicted octanol–water partition coefficient (Wildman–Crippen LogP) is 4.41. The third-order valence-electron chi connectivity index (χ3n) is 5.32. The van der Waals surface area contributed by atoms with Gasteiger partial charge in [0.2, 0.25) is 5.91 Å². The van der Waals surface area contributed by atoms with Crippen molar-refractivity contribution in [1.29, 1.82) is 0 Å². The zero-order valence-corrected chi connectivity index (χ0v) is 16.3. The molecule has 5 heteroatoms. The highest BCUT2D eigenvalue weighted by molar-refractivity contribution is 5.91. The van der Waals surface area contributed by atoms with Gasteiger partial charge in [-0.2, -0.15) is 0 Å². The molecule has 1 amide bonds. The fourth-order valence-corrected chi connectivity index (χ4v) is 3.75. The maximum atomic E-state index is 12.3. The molecule has 0 spiro atoms. The standard InChI is InChI=1S/C23H28N2O3/c26-23(12-6-18-5-11-21-22(17-18)28-16-4-15-27-21)24-19-7-9-20(10-8-19)25-13-2-1-3-14-25/h5,7-11,17H,1-4,6,12-16H2,(H,24,26). The van der Waals surface area contributed by atoms with Gasteiger partial charge in [0, 0.05) is 37.3 Å². The van der Waals surface area contributed by atoms with Gasteiger partial charge in [0.05, 0.1) is 13.2 Å². The van der Waals surface area contributed by atoms with Gasteiger partial charge in [0.25, 0.3) is 0 Å². The smallest absolute Gasteiger partial charge is 0.224 e. The third-order valence-corrected chi connectivity index (χ3v) is 5.32. The van der Waals surface area contributed by atoms with Gasteiger partial charge >= 0.3 is 0 Å². The number of carbonyl (C=O) groups is 1. The molecule has 1 N–H and O–H groups in total. The molecule has 0 bridgehead atoms. The maximum Gasteiger partial charge on any atom is 0.224 e. The molecule has 148 valence electrons. The molecule has 2 aromatic rings. The summed E-state index contributed by atoms with van der Waals surface area (Å²) >= 11 is 0. The number of piperidine rings is 1. The molecular weight excluding hydrogens is 352 g/mol. The highest BCUT2D eigenvalue weighted by Gasteiger charge is 2.13. The van der Waals surface area contributed by atoms with Gasteiger partial charge in [0.15, 0.2) is 11.5 Å². The van der Waals surface area contributed by atoms with E-state index in [1.54, 1.807) is 0 Å². The van der Waals surface area contributed by atoms with Crippen LogP contribution in [0.4, 0.5) is 11.4 Å². The first-order valence-electron chi connectivity index (χ1n) is 10.3. The summed E-state index contributed by atoms with van der Waals surface area (Å²) in [5, 5.41) is 3.00. The van der Waals surface area contributed by atoms with E-state index < -0.39 is 0 Å². The minimum absolute atomic E-state index is 0.0258. The number of benzene rings is 2. The van der Waals surface area contributed by atoms with Gasteiger partial charge in [-0.05, 0) is 67.6 Å². The normalized spacial score (nSPS) is 16.4. The van der Waals surface area contributed by atoms with E-state index in [1.165, 1.54) is 24.9 Å². The Balaban J connectivity index is 1.29. The van der Waals surface area contributed by atoms with Crippen LogP contribution in [-0.4, -0.2) is 32.2 Å². The Hall–Kier alpha value is -2.69. The van der Waals surface area contributed by atoms with Crippen molar-refractivity contribution in [2.24, 2.45) is 0 Å². The molecule has 2 aliphatic rings. The first kappa shape index (κ1) is 18.7.